The molecule has 0 saturated heterocycles. The molecular formula is C18H22N4O3. The number of aromatic nitrogens is 2. The van der Waals surface area contributed by atoms with Crippen LogP contribution in [0.15, 0.2) is 36.5 Å². The Bertz CT molecular complexity index is 733. The summed E-state index contributed by atoms with van der Waals surface area (Å²) < 4.78 is 6.26. The summed E-state index contributed by atoms with van der Waals surface area (Å²) in [5.41, 5.74) is 0.821. The number of rotatable bonds is 4. The molecule has 1 aromatic heterocycles. The minimum Gasteiger partial charge on any atom is -0.497 e. The maximum atomic E-state index is 12.2. The minimum atomic E-state index is -0.366. The van der Waals surface area contributed by atoms with Crippen LogP contribution in [0.3, 0.4) is 0 Å². The molecule has 0 atom stereocenters. The second-order valence-electron chi connectivity index (χ2n) is 6.11. The number of carbonyl (C=O) groups is 2. The maximum Gasteiger partial charge on any atom is 0.342 e. The van der Waals surface area contributed by atoms with Gasteiger partial charge in [-0.05, 0) is 43.2 Å². The van der Waals surface area contributed by atoms with E-state index in [4.69, 9.17) is 4.74 Å². The number of methoxy groups -OCH3 is 1. The van der Waals surface area contributed by atoms with E-state index in [1.54, 1.807) is 31.4 Å². The van der Waals surface area contributed by atoms with Crippen LogP contribution in [0.5, 0.6) is 5.75 Å². The lowest BCUT2D eigenvalue weighted by Gasteiger charge is -2.22. The molecule has 1 aliphatic carbocycles. The summed E-state index contributed by atoms with van der Waals surface area (Å²) in [5, 5.41) is 9.78. The first-order valence-corrected chi connectivity index (χ1v) is 8.47. The van der Waals surface area contributed by atoms with Crippen LogP contribution in [0, 0.1) is 0 Å². The van der Waals surface area contributed by atoms with Gasteiger partial charge in [-0.3, -0.25) is 4.79 Å². The predicted octanol–water partition coefficient (Wildman–Crippen LogP) is 3.03. The van der Waals surface area contributed by atoms with Crippen molar-refractivity contribution < 1.29 is 14.3 Å². The highest BCUT2D eigenvalue weighted by atomic mass is 16.5. The third-order valence-corrected chi connectivity index (χ3v) is 4.31. The molecule has 2 amide bonds. The topological polar surface area (TPSA) is 85.2 Å². The molecule has 2 N–H and O–H groups in total. The van der Waals surface area contributed by atoms with Crippen molar-refractivity contribution in [2.45, 2.75) is 38.1 Å². The lowest BCUT2D eigenvalue weighted by Crippen LogP contribution is -2.39. The number of amides is 2. The van der Waals surface area contributed by atoms with Crippen molar-refractivity contribution in [3.05, 3.63) is 42.2 Å². The van der Waals surface area contributed by atoms with Gasteiger partial charge in [0.05, 0.1) is 7.11 Å². The Labute approximate surface area is 146 Å². The number of ether oxygens (including phenoxy) is 1. The Balaban J connectivity index is 1.59. The quantitative estimate of drug-likeness (QED) is 0.894. The average Bonchev–Trinajstić information content (AvgIpc) is 3.14. The fraction of sp³-hybridized carbons (Fsp3) is 0.389. The molecule has 0 aliphatic heterocycles. The van der Waals surface area contributed by atoms with Gasteiger partial charge >= 0.3 is 6.03 Å². The molecule has 0 unspecified atom stereocenters. The monoisotopic (exact) mass is 342 g/mol. The van der Waals surface area contributed by atoms with E-state index in [1.807, 2.05) is 0 Å². The first-order chi connectivity index (χ1) is 12.2. The van der Waals surface area contributed by atoms with Gasteiger partial charge in [0, 0.05) is 17.9 Å². The van der Waals surface area contributed by atoms with Crippen LogP contribution in [-0.4, -0.2) is 34.9 Å². The molecule has 1 aliphatic rings. The molecule has 1 heterocycles. The first kappa shape index (κ1) is 17.0. The maximum absolute atomic E-state index is 12.2. The summed E-state index contributed by atoms with van der Waals surface area (Å²) in [6.45, 7) is 0. The summed E-state index contributed by atoms with van der Waals surface area (Å²) in [6.07, 6.45) is 7.00. The molecule has 132 valence electrons. The molecule has 1 saturated carbocycles. The van der Waals surface area contributed by atoms with Gasteiger partial charge in [-0.2, -0.15) is 9.78 Å². The molecule has 7 heteroatoms. The molecule has 1 fully saturated rings. The summed E-state index contributed by atoms with van der Waals surface area (Å²) in [4.78, 5) is 24.5. The highest BCUT2D eigenvalue weighted by Crippen LogP contribution is 2.18. The standard InChI is InChI=1S/C18H22N4O3/c1-25-15-9-7-14(8-10-15)19-17(23)16-11-12-22(21-16)18(24)20-13-5-3-2-4-6-13/h7-13H,2-6H2,1H3,(H,19,23)(H,20,24). The van der Waals surface area contributed by atoms with E-state index in [1.165, 1.54) is 23.4 Å². The molecule has 0 spiro atoms. The molecule has 0 bridgehead atoms. The summed E-state index contributed by atoms with van der Waals surface area (Å²) in [7, 11) is 1.58. The molecular weight excluding hydrogens is 320 g/mol. The van der Waals surface area contributed by atoms with Crippen LogP contribution in [0.2, 0.25) is 0 Å². The van der Waals surface area contributed by atoms with Crippen LogP contribution >= 0.6 is 0 Å². The number of hydrogen-bond acceptors (Lipinski definition) is 4. The van der Waals surface area contributed by atoms with E-state index in [9.17, 15) is 9.59 Å². The Morgan fingerprint density at radius 2 is 1.84 bits per heavy atom. The summed E-state index contributed by atoms with van der Waals surface area (Å²) in [5.74, 6) is 0.344. The highest BCUT2D eigenvalue weighted by molar-refractivity contribution is 6.03. The number of anilines is 1. The lowest BCUT2D eigenvalue weighted by molar-refractivity contribution is 0.102. The number of carbonyl (C=O) groups excluding carboxylic acids is 2. The van der Waals surface area contributed by atoms with Gasteiger partial charge in [-0.25, -0.2) is 4.79 Å². The van der Waals surface area contributed by atoms with E-state index in [0.717, 1.165) is 25.7 Å². The van der Waals surface area contributed by atoms with Crippen molar-refractivity contribution in [1.82, 2.24) is 15.1 Å². The zero-order chi connectivity index (χ0) is 17.6. The van der Waals surface area contributed by atoms with Crippen molar-refractivity contribution in [2.24, 2.45) is 0 Å². The Morgan fingerprint density at radius 3 is 2.52 bits per heavy atom. The SMILES string of the molecule is COc1ccc(NC(=O)c2ccn(C(=O)NC3CCCCC3)n2)cc1. The molecule has 2 aromatic rings. The Morgan fingerprint density at radius 1 is 1.12 bits per heavy atom. The predicted molar refractivity (Wildman–Crippen MR) is 94.0 cm³/mol. The van der Waals surface area contributed by atoms with Crippen molar-refractivity contribution >= 4 is 17.6 Å². The van der Waals surface area contributed by atoms with Crippen molar-refractivity contribution in [1.29, 1.82) is 0 Å². The zero-order valence-electron chi connectivity index (χ0n) is 14.2. The van der Waals surface area contributed by atoms with Crippen LogP contribution in [0.1, 0.15) is 42.6 Å². The fourth-order valence-corrected chi connectivity index (χ4v) is 2.92. The second kappa shape index (κ2) is 7.83. The van der Waals surface area contributed by atoms with Crippen molar-refractivity contribution in [3.63, 3.8) is 0 Å². The van der Waals surface area contributed by atoms with Gasteiger partial charge in [0.15, 0.2) is 5.69 Å². The molecule has 3 rings (SSSR count). The van der Waals surface area contributed by atoms with E-state index in [0.29, 0.717) is 11.4 Å². The number of benzene rings is 1. The highest BCUT2D eigenvalue weighted by Gasteiger charge is 2.18. The van der Waals surface area contributed by atoms with Crippen LogP contribution in [0.4, 0.5) is 10.5 Å². The number of nitrogens with zero attached hydrogens (tertiary/aromatic N) is 2. The Hall–Kier alpha value is -2.83. The van der Waals surface area contributed by atoms with E-state index in [-0.39, 0.29) is 23.7 Å². The third-order valence-electron chi connectivity index (χ3n) is 4.31. The zero-order valence-corrected chi connectivity index (χ0v) is 14.2. The van der Waals surface area contributed by atoms with E-state index in [2.05, 4.69) is 15.7 Å². The lowest BCUT2D eigenvalue weighted by atomic mass is 9.96. The number of nitrogens with one attached hydrogen (secondary N) is 2. The smallest absolute Gasteiger partial charge is 0.342 e. The number of hydrogen-bond donors (Lipinski definition) is 2. The normalized spacial score (nSPS) is 14.8. The average molecular weight is 342 g/mol. The van der Waals surface area contributed by atoms with Crippen LogP contribution in [-0.2, 0) is 0 Å². The minimum absolute atomic E-state index is 0.189. The van der Waals surface area contributed by atoms with E-state index < -0.39 is 0 Å². The van der Waals surface area contributed by atoms with Crippen LogP contribution in [0.25, 0.3) is 0 Å². The second-order valence-corrected chi connectivity index (χ2v) is 6.11. The van der Waals surface area contributed by atoms with Crippen molar-refractivity contribution in [2.75, 3.05) is 12.4 Å². The van der Waals surface area contributed by atoms with Gasteiger partial charge in [-0.1, -0.05) is 19.3 Å². The fourth-order valence-electron chi connectivity index (χ4n) is 2.92. The van der Waals surface area contributed by atoms with Gasteiger partial charge in [-0.15, -0.1) is 0 Å². The van der Waals surface area contributed by atoms with Gasteiger partial charge in [0.2, 0.25) is 0 Å². The molecule has 1 aromatic carbocycles. The van der Waals surface area contributed by atoms with Gasteiger partial charge < -0.3 is 15.4 Å². The Kier molecular flexibility index (Phi) is 5.33. The van der Waals surface area contributed by atoms with Crippen LogP contribution < -0.4 is 15.4 Å². The third kappa shape index (κ3) is 4.37. The summed E-state index contributed by atoms with van der Waals surface area (Å²) >= 11 is 0. The van der Waals surface area contributed by atoms with Crippen molar-refractivity contribution in [3.8, 4) is 5.75 Å². The van der Waals surface area contributed by atoms with Gasteiger partial charge in [0.1, 0.15) is 5.75 Å². The van der Waals surface area contributed by atoms with E-state index >= 15 is 0 Å². The first-order valence-electron chi connectivity index (χ1n) is 8.47. The van der Waals surface area contributed by atoms with Gasteiger partial charge in [0.25, 0.3) is 5.91 Å². The summed E-state index contributed by atoms with van der Waals surface area (Å²) in [6, 6.07) is 8.42. The molecule has 25 heavy (non-hydrogen) atoms. The largest absolute Gasteiger partial charge is 0.497 e. The molecule has 7 nitrogen and oxygen atoms in total. The molecule has 0 radical (unpaired) electrons.